The summed E-state index contributed by atoms with van der Waals surface area (Å²) in [6.45, 7) is 2.04. The van der Waals surface area contributed by atoms with Gasteiger partial charge in [0, 0.05) is 42.7 Å². The first-order valence-electron chi connectivity index (χ1n) is 8.10. The highest BCUT2D eigenvalue weighted by Crippen LogP contribution is 2.21. The molecule has 132 valence electrons. The van der Waals surface area contributed by atoms with Gasteiger partial charge >= 0.3 is 5.69 Å². The molecule has 0 aromatic carbocycles. The molecule has 25 heavy (non-hydrogen) atoms. The van der Waals surface area contributed by atoms with Crippen LogP contribution in [0.25, 0.3) is 0 Å². The van der Waals surface area contributed by atoms with Crippen molar-refractivity contribution in [3.05, 3.63) is 62.7 Å². The maximum Gasteiger partial charge on any atom is 0.328 e. The first kappa shape index (κ1) is 17.1. The van der Waals surface area contributed by atoms with E-state index in [2.05, 4.69) is 9.97 Å². The molecule has 0 spiro atoms. The van der Waals surface area contributed by atoms with Gasteiger partial charge in [-0.25, -0.2) is 4.79 Å². The molecule has 1 fully saturated rings. The summed E-state index contributed by atoms with van der Waals surface area (Å²) in [5.41, 5.74) is 0.157. The van der Waals surface area contributed by atoms with Gasteiger partial charge in [0.15, 0.2) is 0 Å². The molecule has 2 N–H and O–H groups in total. The standard InChI is InChI=1S/C17H20N4O4/c1-11-7-21(17(25)19-16(11)24)10-15(23)20-8-12(14(22)9-20)6-13-4-2-3-5-18-13/h2-5,7,12,14,22H,6,8-10H2,1H3,(H,19,24,25)/t12-,14-/m1/s1. The number of rotatable bonds is 4. The Morgan fingerprint density at radius 1 is 1.36 bits per heavy atom. The van der Waals surface area contributed by atoms with Crippen LogP contribution in [0.15, 0.2) is 40.2 Å². The zero-order chi connectivity index (χ0) is 18.0. The fourth-order valence-corrected chi connectivity index (χ4v) is 3.03. The van der Waals surface area contributed by atoms with Crippen LogP contribution < -0.4 is 11.2 Å². The van der Waals surface area contributed by atoms with Gasteiger partial charge in [-0.3, -0.25) is 24.1 Å². The average Bonchev–Trinajstić information content (AvgIpc) is 2.94. The number of carbonyl (C=O) groups excluding carboxylic acids is 1. The van der Waals surface area contributed by atoms with Crippen molar-refractivity contribution in [2.75, 3.05) is 13.1 Å². The van der Waals surface area contributed by atoms with Crippen LogP contribution in [0.5, 0.6) is 0 Å². The average molecular weight is 344 g/mol. The summed E-state index contributed by atoms with van der Waals surface area (Å²) in [5, 5.41) is 10.2. The minimum absolute atomic E-state index is 0.0899. The van der Waals surface area contributed by atoms with Gasteiger partial charge in [-0.05, 0) is 25.5 Å². The Bertz CT molecular complexity index is 874. The molecule has 0 saturated carbocycles. The molecule has 0 unspecified atom stereocenters. The van der Waals surface area contributed by atoms with E-state index in [1.54, 1.807) is 18.0 Å². The fourth-order valence-electron chi connectivity index (χ4n) is 3.03. The van der Waals surface area contributed by atoms with Gasteiger partial charge < -0.3 is 10.0 Å². The minimum Gasteiger partial charge on any atom is -0.391 e. The fraction of sp³-hybridized carbons (Fsp3) is 0.412. The zero-order valence-electron chi connectivity index (χ0n) is 13.9. The normalized spacial score (nSPS) is 20.0. The summed E-state index contributed by atoms with van der Waals surface area (Å²) in [4.78, 5) is 43.6. The third kappa shape index (κ3) is 3.85. The second kappa shape index (κ2) is 7.02. The maximum absolute atomic E-state index is 12.5. The number of aromatic amines is 1. The molecule has 1 aliphatic heterocycles. The Hall–Kier alpha value is -2.74. The SMILES string of the molecule is Cc1cn(CC(=O)N2C[C@@H](Cc3ccccn3)[C@H](O)C2)c(=O)[nH]c1=O. The van der Waals surface area contributed by atoms with E-state index in [4.69, 9.17) is 0 Å². The number of hydrogen-bond donors (Lipinski definition) is 2. The molecule has 0 aliphatic carbocycles. The van der Waals surface area contributed by atoms with Crippen molar-refractivity contribution < 1.29 is 9.90 Å². The number of β-amino-alcohol motifs (C(OH)–C–C–N with tert-alkyl or cyclic N) is 1. The number of aromatic nitrogens is 3. The molecule has 0 radical (unpaired) electrons. The molecule has 0 bridgehead atoms. The van der Waals surface area contributed by atoms with Crippen LogP contribution in [0.1, 0.15) is 11.3 Å². The van der Waals surface area contributed by atoms with Crippen LogP contribution in [0.2, 0.25) is 0 Å². The lowest BCUT2D eigenvalue weighted by molar-refractivity contribution is -0.131. The molecule has 1 amide bonds. The van der Waals surface area contributed by atoms with Crippen molar-refractivity contribution in [1.29, 1.82) is 0 Å². The van der Waals surface area contributed by atoms with E-state index in [0.29, 0.717) is 18.5 Å². The highest BCUT2D eigenvalue weighted by Gasteiger charge is 2.34. The molecule has 2 aromatic heterocycles. The van der Waals surface area contributed by atoms with Crippen molar-refractivity contribution in [3.63, 3.8) is 0 Å². The van der Waals surface area contributed by atoms with Crippen LogP contribution in [-0.2, 0) is 17.8 Å². The number of pyridine rings is 1. The smallest absolute Gasteiger partial charge is 0.328 e. The third-order valence-corrected chi connectivity index (χ3v) is 4.45. The first-order valence-corrected chi connectivity index (χ1v) is 8.10. The second-order valence-corrected chi connectivity index (χ2v) is 6.35. The molecule has 3 rings (SSSR count). The maximum atomic E-state index is 12.5. The number of carbonyl (C=O) groups is 1. The molecular weight excluding hydrogens is 324 g/mol. The van der Waals surface area contributed by atoms with Gasteiger partial charge in [0.1, 0.15) is 6.54 Å². The van der Waals surface area contributed by atoms with E-state index in [1.807, 2.05) is 18.2 Å². The lowest BCUT2D eigenvalue weighted by Crippen LogP contribution is -2.38. The van der Waals surface area contributed by atoms with Crippen molar-refractivity contribution in [1.82, 2.24) is 19.4 Å². The third-order valence-electron chi connectivity index (χ3n) is 4.45. The van der Waals surface area contributed by atoms with Gasteiger partial charge in [-0.1, -0.05) is 6.07 Å². The first-order chi connectivity index (χ1) is 11.9. The predicted molar refractivity (Wildman–Crippen MR) is 90.1 cm³/mol. The zero-order valence-corrected chi connectivity index (χ0v) is 13.9. The van der Waals surface area contributed by atoms with Crippen molar-refractivity contribution in [2.45, 2.75) is 26.0 Å². The lowest BCUT2D eigenvalue weighted by Gasteiger charge is -2.17. The van der Waals surface area contributed by atoms with E-state index in [9.17, 15) is 19.5 Å². The molecule has 2 atom stereocenters. The van der Waals surface area contributed by atoms with Gasteiger partial charge in [0.25, 0.3) is 5.56 Å². The number of hydrogen-bond acceptors (Lipinski definition) is 5. The highest BCUT2D eigenvalue weighted by atomic mass is 16.3. The Labute approximate surface area is 143 Å². The van der Waals surface area contributed by atoms with Crippen molar-refractivity contribution in [2.24, 2.45) is 5.92 Å². The van der Waals surface area contributed by atoms with E-state index in [1.165, 1.54) is 10.8 Å². The summed E-state index contributed by atoms with van der Waals surface area (Å²) in [6, 6.07) is 5.60. The van der Waals surface area contributed by atoms with Gasteiger partial charge in [-0.15, -0.1) is 0 Å². The van der Waals surface area contributed by atoms with Gasteiger partial charge in [0.2, 0.25) is 5.91 Å². The number of aliphatic hydroxyl groups excluding tert-OH is 1. The van der Waals surface area contributed by atoms with Crippen LogP contribution >= 0.6 is 0 Å². The Morgan fingerprint density at radius 2 is 2.16 bits per heavy atom. The molecule has 1 saturated heterocycles. The molecule has 1 aliphatic rings. The number of nitrogens with zero attached hydrogens (tertiary/aromatic N) is 3. The Kier molecular flexibility index (Phi) is 4.80. The lowest BCUT2D eigenvalue weighted by atomic mass is 10.00. The number of likely N-dealkylation sites (tertiary alicyclic amines) is 1. The van der Waals surface area contributed by atoms with Crippen LogP contribution in [0.4, 0.5) is 0 Å². The van der Waals surface area contributed by atoms with Crippen molar-refractivity contribution >= 4 is 5.91 Å². The van der Waals surface area contributed by atoms with Crippen LogP contribution in [-0.4, -0.2) is 49.6 Å². The molecule has 3 heterocycles. The summed E-state index contributed by atoms with van der Waals surface area (Å²) in [7, 11) is 0. The van der Waals surface area contributed by atoms with Crippen LogP contribution in [0.3, 0.4) is 0 Å². The highest BCUT2D eigenvalue weighted by molar-refractivity contribution is 5.76. The monoisotopic (exact) mass is 344 g/mol. The van der Waals surface area contributed by atoms with Crippen molar-refractivity contribution in [3.8, 4) is 0 Å². The van der Waals surface area contributed by atoms with E-state index in [-0.39, 0.29) is 24.9 Å². The van der Waals surface area contributed by atoms with Gasteiger partial charge in [-0.2, -0.15) is 0 Å². The number of aryl methyl sites for hydroxylation is 1. The summed E-state index contributed by atoms with van der Waals surface area (Å²) < 4.78 is 1.18. The minimum atomic E-state index is -0.625. The topological polar surface area (TPSA) is 108 Å². The van der Waals surface area contributed by atoms with Gasteiger partial charge in [0.05, 0.1) is 6.10 Å². The molecule has 8 nitrogen and oxygen atoms in total. The number of aliphatic hydroxyl groups is 1. The predicted octanol–water partition coefficient (Wildman–Crippen LogP) is -0.698. The summed E-state index contributed by atoms with van der Waals surface area (Å²) >= 11 is 0. The van der Waals surface area contributed by atoms with E-state index in [0.717, 1.165) is 5.69 Å². The second-order valence-electron chi connectivity index (χ2n) is 6.35. The number of nitrogens with one attached hydrogen (secondary N) is 1. The number of H-pyrrole nitrogens is 1. The largest absolute Gasteiger partial charge is 0.391 e. The number of amides is 1. The summed E-state index contributed by atoms with van der Waals surface area (Å²) in [6.07, 6.45) is 3.03. The molecule has 8 heteroatoms. The quantitative estimate of drug-likeness (QED) is 0.763. The summed E-state index contributed by atoms with van der Waals surface area (Å²) in [5.74, 6) is -0.357. The van der Waals surface area contributed by atoms with E-state index < -0.39 is 17.4 Å². The molecule has 2 aromatic rings. The van der Waals surface area contributed by atoms with E-state index >= 15 is 0 Å². The Balaban J connectivity index is 1.67. The molecular formula is C17H20N4O4. The van der Waals surface area contributed by atoms with Crippen LogP contribution in [0, 0.1) is 12.8 Å². The Morgan fingerprint density at radius 3 is 2.88 bits per heavy atom.